The van der Waals surface area contributed by atoms with Crippen LogP contribution in [0.4, 0.5) is 0 Å². The van der Waals surface area contributed by atoms with E-state index < -0.39 is 0 Å². The lowest BCUT2D eigenvalue weighted by Crippen LogP contribution is -1.81. The lowest BCUT2D eigenvalue weighted by molar-refractivity contribution is 0.415. The van der Waals surface area contributed by atoms with Gasteiger partial charge in [0.2, 0.25) is 0 Å². The second-order valence-electron chi connectivity index (χ2n) is 4.45. The molecule has 0 saturated heterocycles. The molecule has 1 rings (SSSR count). The van der Waals surface area contributed by atoms with Crippen LogP contribution in [-0.2, 0) is 0 Å². The van der Waals surface area contributed by atoms with Gasteiger partial charge in [0, 0.05) is 0 Å². The molecule has 0 aliphatic rings. The minimum absolute atomic E-state index is 0.892. The van der Waals surface area contributed by atoms with E-state index in [-0.39, 0.29) is 0 Å². The van der Waals surface area contributed by atoms with Gasteiger partial charge in [-0.3, -0.25) is 0 Å². The van der Waals surface area contributed by atoms with E-state index in [2.05, 4.69) is 57.2 Å². The number of ether oxygens (including phenoxy) is 1. The van der Waals surface area contributed by atoms with Gasteiger partial charge in [-0.1, -0.05) is 48.9 Å². The third kappa shape index (κ3) is 5.05. The van der Waals surface area contributed by atoms with E-state index in [0.717, 1.165) is 12.2 Å². The maximum Gasteiger partial charge on any atom is 0.118 e. The smallest absolute Gasteiger partial charge is 0.118 e. The molecule has 1 aromatic rings. The Kier molecular flexibility index (Phi) is 5.99. The van der Waals surface area contributed by atoms with E-state index in [0.29, 0.717) is 0 Å². The Hall–Kier alpha value is -1.76. The molecule has 1 nitrogen and oxygen atoms in total. The zero-order valence-corrected chi connectivity index (χ0v) is 11.7. The summed E-state index contributed by atoms with van der Waals surface area (Å²) in [5, 5.41) is 0. The molecule has 0 aliphatic heterocycles. The SMILES string of the molecule is CCC(/C=C/c1ccc(OC)cc1)=C\C=C(C)C. The van der Waals surface area contributed by atoms with E-state index in [9.17, 15) is 0 Å². The van der Waals surface area contributed by atoms with Gasteiger partial charge in [0.1, 0.15) is 5.75 Å². The summed E-state index contributed by atoms with van der Waals surface area (Å²) in [4.78, 5) is 0. The fourth-order valence-electron chi connectivity index (χ4n) is 1.48. The average Bonchev–Trinajstić information content (AvgIpc) is 2.39. The first-order chi connectivity index (χ1) is 8.65. The van der Waals surface area contributed by atoms with Crippen LogP contribution in [0.25, 0.3) is 6.08 Å². The summed E-state index contributed by atoms with van der Waals surface area (Å²) in [5.41, 5.74) is 3.83. The molecule has 0 amide bonds. The Balaban J connectivity index is 2.77. The highest BCUT2D eigenvalue weighted by Crippen LogP contribution is 2.14. The second-order valence-corrected chi connectivity index (χ2v) is 4.45. The van der Waals surface area contributed by atoms with Gasteiger partial charge in [0.25, 0.3) is 0 Å². The lowest BCUT2D eigenvalue weighted by atomic mass is 10.1. The number of benzene rings is 1. The maximum atomic E-state index is 5.14. The van der Waals surface area contributed by atoms with Crippen LogP contribution in [0.3, 0.4) is 0 Å². The quantitative estimate of drug-likeness (QED) is 0.659. The van der Waals surface area contributed by atoms with Crippen LogP contribution in [0.5, 0.6) is 5.75 Å². The van der Waals surface area contributed by atoms with Crippen molar-refractivity contribution < 1.29 is 4.74 Å². The first-order valence-corrected chi connectivity index (χ1v) is 6.32. The average molecular weight is 242 g/mol. The topological polar surface area (TPSA) is 9.23 Å². The fraction of sp³-hybridized carbons (Fsp3) is 0.294. The van der Waals surface area contributed by atoms with Crippen LogP contribution < -0.4 is 4.74 Å². The van der Waals surface area contributed by atoms with Gasteiger partial charge in [-0.25, -0.2) is 0 Å². The third-order valence-electron chi connectivity index (χ3n) is 2.64. The molecule has 0 radical (unpaired) electrons. The fourth-order valence-corrected chi connectivity index (χ4v) is 1.48. The molecule has 1 aromatic carbocycles. The number of hydrogen-bond acceptors (Lipinski definition) is 1. The van der Waals surface area contributed by atoms with Crippen molar-refractivity contribution in [1.29, 1.82) is 0 Å². The molecule has 0 aliphatic carbocycles. The molecule has 0 saturated carbocycles. The summed E-state index contributed by atoms with van der Waals surface area (Å²) in [7, 11) is 1.68. The summed E-state index contributed by atoms with van der Waals surface area (Å²) in [5.74, 6) is 0.892. The summed E-state index contributed by atoms with van der Waals surface area (Å²) < 4.78 is 5.14. The van der Waals surface area contributed by atoms with Gasteiger partial charge in [-0.2, -0.15) is 0 Å². The number of rotatable bonds is 5. The number of methoxy groups -OCH3 is 1. The predicted octanol–water partition coefficient (Wildman–Crippen LogP) is 5.01. The first kappa shape index (κ1) is 14.3. The summed E-state index contributed by atoms with van der Waals surface area (Å²) >= 11 is 0. The van der Waals surface area contributed by atoms with Gasteiger partial charge in [-0.05, 0) is 43.5 Å². The minimum Gasteiger partial charge on any atom is -0.497 e. The third-order valence-corrected chi connectivity index (χ3v) is 2.64. The van der Waals surface area contributed by atoms with Gasteiger partial charge < -0.3 is 4.74 Å². The van der Waals surface area contributed by atoms with E-state index in [1.54, 1.807) is 7.11 Å². The van der Waals surface area contributed by atoms with Crippen LogP contribution in [0.1, 0.15) is 32.8 Å². The van der Waals surface area contributed by atoms with Crippen molar-refractivity contribution in [3.05, 3.63) is 59.2 Å². The van der Waals surface area contributed by atoms with Gasteiger partial charge in [0.15, 0.2) is 0 Å². The van der Waals surface area contributed by atoms with Gasteiger partial charge >= 0.3 is 0 Å². The van der Waals surface area contributed by atoms with Crippen molar-refractivity contribution in [2.75, 3.05) is 7.11 Å². The molecule has 0 fully saturated rings. The normalized spacial score (nSPS) is 11.7. The molecule has 1 heteroatoms. The molecule has 0 spiro atoms. The van der Waals surface area contributed by atoms with Crippen molar-refractivity contribution in [3.63, 3.8) is 0 Å². The van der Waals surface area contributed by atoms with Crippen molar-refractivity contribution >= 4 is 6.08 Å². The van der Waals surface area contributed by atoms with Crippen LogP contribution >= 0.6 is 0 Å². The van der Waals surface area contributed by atoms with E-state index in [4.69, 9.17) is 4.74 Å². The van der Waals surface area contributed by atoms with Crippen molar-refractivity contribution in [1.82, 2.24) is 0 Å². The largest absolute Gasteiger partial charge is 0.497 e. The summed E-state index contributed by atoms with van der Waals surface area (Å²) in [6.45, 7) is 6.39. The molecule has 0 unspecified atom stereocenters. The highest BCUT2D eigenvalue weighted by atomic mass is 16.5. The molecular weight excluding hydrogens is 220 g/mol. The Bertz CT molecular complexity index is 443. The van der Waals surface area contributed by atoms with E-state index in [1.807, 2.05) is 12.1 Å². The molecule has 0 bridgehead atoms. The number of hydrogen-bond donors (Lipinski definition) is 0. The minimum atomic E-state index is 0.892. The molecule has 0 aromatic heterocycles. The van der Waals surface area contributed by atoms with E-state index >= 15 is 0 Å². The number of allylic oxidation sites excluding steroid dienone is 5. The highest BCUT2D eigenvalue weighted by Gasteiger charge is 1.91. The molecule has 96 valence electrons. The Morgan fingerprint density at radius 2 is 1.78 bits per heavy atom. The zero-order valence-electron chi connectivity index (χ0n) is 11.7. The van der Waals surface area contributed by atoms with Gasteiger partial charge in [-0.15, -0.1) is 0 Å². The standard InChI is InChI=1S/C17H22O/c1-5-15(7-6-14(2)3)8-9-16-10-12-17(18-4)13-11-16/h6-13H,5H2,1-4H3/b9-8+,15-7+. The summed E-state index contributed by atoms with van der Waals surface area (Å²) in [6, 6.07) is 8.07. The van der Waals surface area contributed by atoms with Crippen LogP contribution in [0, 0.1) is 0 Å². The van der Waals surface area contributed by atoms with Crippen molar-refractivity contribution in [2.45, 2.75) is 27.2 Å². The van der Waals surface area contributed by atoms with E-state index in [1.165, 1.54) is 16.7 Å². The highest BCUT2D eigenvalue weighted by molar-refractivity contribution is 5.54. The molecule has 0 heterocycles. The van der Waals surface area contributed by atoms with Crippen molar-refractivity contribution in [2.24, 2.45) is 0 Å². The Morgan fingerprint density at radius 1 is 1.11 bits per heavy atom. The first-order valence-electron chi connectivity index (χ1n) is 6.32. The lowest BCUT2D eigenvalue weighted by Gasteiger charge is -2.00. The molecule has 0 N–H and O–H groups in total. The Morgan fingerprint density at radius 3 is 2.28 bits per heavy atom. The van der Waals surface area contributed by atoms with Crippen molar-refractivity contribution in [3.8, 4) is 5.75 Å². The molecule has 18 heavy (non-hydrogen) atoms. The molecule has 0 atom stereocenters. The van der Waals surface area contributed by atoms with Crippen LogP contribution in [0.15, 0.2) is 53.6 Å². The predicted molar refractivity (Wildman–Crippen MR) is 79.8 cm³/mol. The summed E-state index contributed by atoms with van der Waals surface area (Å²) in [6.07, 6.45) is 9.66. The zero-order chi connectivity index (χ0) is 13.4. The van der Waals surface area contributed by atoms with Crippen LogP contribution in [0.2, 0.25) is 0 Å². The van der Waals surface area contributed by atoms with Gasteiger partial charge in [0.05, 0.1) is 7.11 Å². The Labute approximate surface area is 110 Å². The second kappa shape index (κ2) is 7.54. The van der Waals surface area contributed by atoms with Crippen LogP contribution in [-0.4, -0.2) is 7.11 Å². The monoisotopic (exact) mass is 242 g/mol. The maximum absolute atomic E-state index is 5.14. The molecular formula is C17H22O.